The van der Waals surface area contributed by atoms with Gasteiger partial charge in [0.05, 0.1) is 12.0 Å². The second-order valence-electron chi connectivity index (χ2n) is 5.83. The van der Waals surface area contributed by atoms with Crippen molar-refractivity contribution < 1.29 is 13.6 Å². The number of hydrogen-bond acceptors (Lipinski definition) is 5. The van der Waals surface area contributed by atoms with E-state index in [1.54, 1.807) is 43.5 Å². The first kappa shape index (κ1) is 18.9. The van der Waals surface area contributed by atoms with Crippen LogP contribution in [0, 0.1) is 12.7 Å². The van der Waals surface area contributed by atoms with Crippen LogP contribution >= 0.6 is 11.8 Å². The van der Waals surface area contributed by atoms with Crippen LogP contribution in [0.2, 0.25) is 0 Å². The summed E-state index contributed by atoms with van der Waals surface area (Å²) in [6, 6.07) is 8.36. The van der Waals surface area contributed by atoms with Crippen molar-refractivity contribution in [3.05, 3.63) is 66.2 Å². The zero-order chi connectivity index (χ0) is 19.2. The fourth-order valence-electron chi connectivity index (χ4n) is 2.48. The van der Waals surface area contributed by atoms with Gasteiger partial charge in [0.15, 0.2) is 10.9 Å². The standard InChI is InChI=1S/C19H19FN4O2S/c1-3-8-24-18(16-5-4-9-26-16)22-23-19(24)27-12-17(25)21-11-14-6-7-15(20)13(2)10-14/h3-7,9-10H,1,8,11-12H2,2H3,(H,21,25). The van der Waals surface area contributed by atoms with Gasteiger partial charge in [0.2, 0.25) is 11.7 Å². The lowest BCUT2D eigenvalue weighted by Gasteiger charge is -2.08. The van der Waals surface area contributed by atoms with Crippen molar-refractivity contribution in [3.63, 3.8) is 0 Å². The predicted octanol–water partition coefficient (Wildman–Crippen LogP) is 3.58. The monoisotopic (exact) mass is 386 g/mol. The molecule has 0 fully saturated rings. The molecule has 8 heteroatoms. The molecule has 140 valence electrons. The number of nitrogens with one attached hydrogen (secondary N) is 1. The highest BCUT2D eigenvalue weighted by Gasteiger charge is 2.16. The van der Waals surface area contributed by atoms with Crippen LogP contribution < -0.4 is 5.32 Å². The Hall–Kier alpha value is -2.87. The van der Waals surface area contributed by atoms with E-state index in [0.717, 1.165) is 5.56 Å². The van der Waals surface area contributed by atoms with E-state index in [2.05, 4.69) is 22.1 Å². The molecular weight excluding hydrogens is 367 g/mol. The molecule has 2 aromatic heterocycles. The molecule has 3 aromatic rings. The second-order valence-corrected chi connectivity index (χ2v) is 6.77. The van der Waals surface area contributed by atoms with Gasteiger partial charge >= 0.3 is 0 Å². The number of nitrogens with zero attached hydrogens (tertiary/aromatic N) is 3. The molecule has 6 nitrogen and oxygen atoms in total. The molecule has 0 spiro atoms. The summed E-state index contributed by atoms with van der Waals surface area (Å²) < 4.78 is 20.5. The maximum atomic E-state index is 13.3. The molecule has 0 aliphatic heterocycles. The summed E-state index contributed by atoms with van der Waals surface area (Å²) in [7, 11) is 0. The fraction of sp³-hybridized carbons (Fsp3) is 0.211. The number of carbonyl (C=O) groups is 1. The molecule has 3 rings (SSSR count). The number of aromatic nitrogens is 3. The van der Waals surface area contributed by atoms with Crippen LogP contribution in [0.5, 0.6) is 0 Å². The summed E-state index contributed by atoms with van der Waals surface area (Å²) >= 11 is 1.28. The van der Waals surface area contributed by atoms with Gasteiger partial charge in [-0.15, -0.1) is 16.8 Å². The number of furan rings is 1. The van der Waals surface area contributed by atoms with Crippen molar-refractivity contribution in [3.8, 4) is 11.6 Å². The van der Waals surface area contributed by atoms with Gasteiger partial charge in [-0.2, -0.15) is 0 Å². The van der Waals surface area contributed by atoms with Gasteiger partial charge in [0.1, 0.15) is 5.82 Å². The van der Waals surface area contributed by atoms with Crippen LogP contribution in [-0.4, -0.2) is 26.4 Å². The first-order chi connectivity index (χ1) is 13.1. The van der Waals surface area contributed by atoms with Gasteiger partial charge in [-0.3, -0.25) is 9.36 Å². The van der Waals surface area contributed by atoms with E-state index in [0.29, 0.717) is 35.4 Å². The number of thioether (sulfide) groups is 1. The summed E-state index contributed by atoms with van der Waals surface area (Å²) in [4.78, 5) is 12.1. The van der Waals surface area contributed by atoms with E-state index in [-0.39, 0.29) is 17.5 Å². The molecule has 0 aliphatic rings. The minimum atomic E-state index is -0.255. The van der Waals surface area contributed by atoms with Crippen LogP contribution in [0.1, 0.15) is 11.1 Å². The molecule has 2 heterocycles. The third-order valence-electron chi connectivity index (χ3n) is 3.81. The minimum absolute atomic E-state index is 0.144. The van der Waals surface area contributed by atoms with Crippen molar-refractivity contribution in [1.82, 2.24) is 20.1 Å². The number of amides is 1. The highest BCUT2D eigenvalue weighted by Crippen LogP contribution is 2.24. The summed E-state index contributed by atoms with van der Waals surface area (Å²) in [6.45, 7) is 6.29. The van der Waals surface area contributed by atoms with Crippen LogP contribution in [0.3, 0.4) is 0 Å². The summed E-state index contributed by atoms with van der Waals surface area (Å²) in [5, 5.41) is 11.7. The third kappa shape index (κ3) is 4.65. The largest absolute Gasteiger partial charge is 0.461 e. The normalized spacial score (nSPS) is 10.7. The van der Waals surface area contributed by atoms with Crippen molar-refractivity contribution in [2.45, 2.75) is 25.2 Å². The Morgan fingerprint density at radius 1 is 1.41 bits per heavy atom. The van der Waals surface area contributed by atoms with E-state index in [4.69, 9.17) is 4.42 Å². The van der Waals surface area contributed by atoms with Crippen molar-refractivity contribution >= 4 is 17.7 Å². The molecule has 1 N–H and O–H groups in total. The van der Waals surface area contributed by atoms with Crippen LogP contribution in [0.4, 0.5) is 4.39 Å². The number of hydrogen-bond donors (Lipinski definition) is 1. The van der Waals surface area contributed by atoms with Crippen molar-refractivity contribution in [2.24, 2.45) is 0 Å². The Morgan fingerprint density at radius 2 is 2.26 bits per heavy atom. The Balaban J connectivity index is 1.60. The molecule has 0 saturated heterocycles. The molecule has 0 unspecified atom stereocenters. The Morgan fingerprint density at radius 3 is 2.96 bits per heavy atom. The quantitative estimate of drug-likeness (QED) is 0.473. The Bertz CT molecular complexity index is 937. The second kappa shape index (κ2) is 8.68. The molecule has 0 bridgehead atoms. The number of benzene rings is 1. The summed E-state index contributed by atoms with van der Waals surface area (Å²) in [6.07, 6.45) is 3.30. The number of carbonyl (C=O) groups excluding carboxylic acids is 1. The van der Waals surface area contributed by atoms with Gasteiger partial charge in [-0.1, -0.05) is 30.0 Å². The minimum Gasteiger partial charge on any atom is -0.461 e. The SMILES string of the molecule is C=CCn1c(SCC(=O)NCc2ccc(F)c(C)c2)nnc1-c1ccco1. The topological polar surface area (TPSA) is 73.0 Å². The van der Waals surface area contributed by atoms with E-state index in [1.807, 2.05) is 4.57 Å². The lowest BCUT2D eigenvalue weighted by atomic mass is 10.1. The maximum absolute atomic E-state index is 13.3. The molecule has 27 heavy (non-hydrogen) atoms. The van der Waals surface area contributed by atoms with Crippen LogP contribution in [0.15, 0.2) is 58.8 Å². The average Bonchev–Trinajstić information content (AvgIpc) is 3.31. The summed E-state index contributed by atoms with van der Waals surface area (Å²) in [5.41, 5.74) is 1.40. The molecule has 0 aliphatic carbocycles. The van der Waals surface area contributed by atoms with Gasteiger partial charge in [0, 0.05) is 13.1 Å². The van der Waals surface area contributed by atoms with E-state index in [9.17, 15) is 9.18 Å². The number of rotatable bonds is 8. The molecule has 0 radical (unpaired) electrons. The third-order valence-corrected chi connectivity index (χ3v) is 4.78. The van der Waals surface area contributed by atoms with Gasteiger partial charge in [0.25, 0.3) is 0 Å². The highest BCUT2D eigenvalue weighted by atomic mass is 32.2. The van der Waals surface area contributed by atoms with E-state index < -0.39 is 0 Å². The first-order valence-corrected chi connectivity index (χ1v) is 9.29. The van der Waals surface area contributed by atoms with Gasteiger partial charge < -0.3 is 9.73 Å². The highest BCUT2D eigenvalue weighted by molar-refractivity contribution is 7.99. The average molecular weight is 386 g/mol. The van der Waals surface area contributed by atoms with Crippen LogP contribution in [-0.2, 0) is 17.9 Å². The zero-order valence-electron chi connectivity index (χ0n) is 14.8. The predicted molar refractivity (Wildman–Crippen MR) is 102 cm³/mol. The Kier molecular flexibility index (Phi) is 6.08. The van der Waals surface area contributed by atoms with E-state index >= 15 is 0 Å². The molecule has 0 atom stereocenters. The Labute approximate surface area is 160 Å². The number of halogens is 1. The smallest absolute Gasteiger partial charge is 0.230 e. The van der Waals surface area contributed by atoms with Crippen molar-refractivity contribution in [1.29, 1.82) is 0 Å². The van der Waals surface area contributed by atoms with Crippen LogP contribution in [0.25, 0.3) is 11.6 Å². The lowest BCUT2D eigenvalue weighted by Crippen LogP contribution is -2.24. The molecule has 1 aromatic carbocycles. The number of aryl methyl sites for hydroxylation is 1. The van der Waals surface area contributed by atoms with Crippen molar-refractivity contribution in [2.75, 3.05) is 5.75 Å². The lowest BCUT2D eigenvalue weighted by molar-refractivity contribution is -0.118. The zero-order valence-corrected chi connectivity index (χ0v) is 15.6. The summed E-state index contributed by atoms with van der Waals surface area (Å²) in [5.74, 6) is 0.981. The number of allylic oxidation sites excluding steroid dienone is 1. The maximum Gasteiger partial charge on any atom is 0.230 e. The van der Waals surface area contributed by atoms with E-state index in [1.165, 1.54) is 17.8 Å². The van der Waals surface area contributed by atoms with Gasteiger partial charge in [-0.05, 0) is 36.2 Å². The molecular formula is C19H19FN4O2S. The first-order valence-electron chi connectivity index (χ1n) is 8.31. The fourth-order valence-corrected chi connectivity index (χ4v) is 3.25. The van der Waals surface area contributed by atoms with Gasteiger partial charge in [-0.25, -0.2) is 4.39 Å². The molecule has 0 saturated carbocycles. The molecule has 1 amide bonds.